The fraction of sp³-hybridized carbons (Fsp3) is 0.182. The smallest absolute Gasteiger partial charge is 0.211 e. The number of hydrogen-bond donors (Lipinski definition) is 1. The Balaban J connectivity index is 1.79. The van der Waals surface area contributed by atoms with E-state index in [2.05, 4.69) is 74.5 Å². The third kappa shape index (κ3) is 3.38. The van der Waals surface area contributed by atoms with Crippen LogP contribution in [0.4, 0.5) is 5.69 Å². The first-order valence-electron chi connectivity index (χ1n) is 8.94. The molecular weight excluding hydrogens is 352 g/mol. The van der Waals surface area contributed by atoms with E-state index in [1.165, 1.54) is 16.5 Å². The zero-order valence-electron chi connectivity index (χ0n) is 15.9. The van der Waals surface area contributed by atoms with E-state index >= 15 is 0 Å². The van der Waals surface area contributed by atoms with Crippen molar-refractivity contribution in [3.63, 3.8) is 0 Å². The van der Waals surface area contributed by atoms with Crippen LogP contribution in [0.25, 0.3) is 10.9 Å². The number of thiazole rings is 1. The Bertz CT molecular complexity index is 1220. The average Bonchev–Trinajstić information content (AvgIpc) is 3.15. The van der Waals surface area contributed by atoms with Crippen LogP contribution >= 0.6 is 11.3 Å². The number of rotatable bonds is 3. The average molecular weight is 375 g/mol. The Labute approximate surface area is 162 Å². The summed E-state index contributed by atoms with van der Waals surface area (Å²) in [7, 11) is 0. The van der Waals surface area contributed by atoms with Crippen molar-refractivity contribution < 1.29 is 0 Å². The predicted octanol–water partition coefficient (Wildman–Crippen LogP) is 5.38. The topological polar surface area (TPSA) is 45.4 Å². The lowest BCUT2D eigenvalue weighted by Gasteiger charge is -2.02. The zero-order valence-corrected chi connectivity index (χ0v) is 16.8. The van der Waals surface area contributed by atoms with Crippen molar-refractivity contribution in [2.45, 2.75) is 27.7 Å². The minimum Gasteiger partial charge on any atom is -0.358 e. The highest BCUT2D eigenvalue weighted by Crippen LogP contribution is 2.21. The van der Waals surface area contributed by atoms with Crippen LogP contribution in [0.1, 0.15) is 28.1 Å². The molecule has 0 bridgehead atoms. The predicted molar refractivity (Wildman–Crippen MR) is 114 cm³/mol. The highest BCUT2D eigenvalue weighted by Gasteiger charge is 2.06. The molecule has 0 aliphatic heterocycles. The van der Waals surface area contributed by atoms with E-state index < -0.39 is 0 Å². The number of nitrogens with zero attached hydrogens (tertiary/aromatic N) is 3. The maximum Gasteiger partial charge on any atom is 0.211 e. The molecule has 4 aromatic rings. The van der Waals surface area contributed by atoms with Gasteiger partial charge < -0.3 is 4.98 Å². The van der Waals surface area contributed by atoms with Gasteiger partial charge in [-0.15, -0.1) is 11.3 Å². The molecule has 4 nitrogen and oxygen atoms in total. The van der Waals surface area contributed by atoms with Gasteiger partial charge in [-0.2, -0.15) is 5.10 Å². The monoisotopic (exact) mass is 374 g/mol. The van der Waals surface area contributed by atoms with Gasteiger partial charge in [0.05, 0.1) is 17.6 Å². The molecule has 0 atom stereocenters. The van der Waals surface area contributed by atoms with Gasteiger partial charge in [0.2, 0.25) is 4.80 Å². The van der Waals surface area contributed by atoms with Gasteiger partial charge in [0.15, 0.2) is 0 Å². The standard InChI is InChI=1S/C22H22N4S/c1-14-9-10-20(15(2)11-14)25-22-26(16(3)13-27-22)23-12-19-17(4)24-21-8-6-5-7-18(19)21/h5-13,24H,1-4H3. The number of aryl methyl sites for hydroxylation is 4. The van der Waals surface area contributed by atoms with Crippen molar-refractivity contribution in [2.24, 2.45) is 10.1 Å². The van der Waals surface area contributed by atoms with Gasteiger partial charge in [-0.3, -0.25) is 0 Å². The largest absolute Gasteiger partial charge is 0.358 e. The summed E-state index contributed by atoms with van der Waals surface area (Å²) in [6, 6.07) is 14.6. The Morgan fingerprint density at radius 3 is 2.67 bits per heavy atom. The molecule has 0 unspecified atom stereocenters. The van der Waals surface area contributed by atoms with Gasteiger partial charge in [-0.25, -0.2) is 9.67 Å². The molecule has 136 valence electrons. The van der Waals surface area contributed by atoms with Gasteiger partial charge in [-0.05, 0) is 45.4 Å². The Kier molecular flexibility index (Phi) is 4.54. The summed E-state index contributed by atoms with van der Waals surface area (Å²) in [5.41, 5.74) is 7.82. The summed E-state index contributed by atoms with van der Waals surface area (Å²) in [4.78, 5) is 9.13. The van der Waals surface area contributed by atoms with Crippen molar-refractivity contribution in [2.75, 3.05) is 0 Å². The van der Waals surface area contributed by atoms with Crippen LogP contribution in [0.2, 0.25) is 0 Å². The highest BCUT2D eigenvalue weighted by molar-refractivity contribution is 7.07. The molecule has 4 rings (SSSR count). The van der Waals surface area contributed by atoms with Gasteiger partial charge in [0.1, 0.15) is 0 Å². The fourth-order valence-electron chi connectivity index (χ4n) is 3.22. The van der Waals surface area contributed by atoms with E-state index in [1.807, 2.05) is 17.0 Å². The number of para-hydroxylation sites is 1. The van der Waals surface area contributed by atoms with Gasteiger partial charge in [0, 0.05) is 27.5 Å². The third-order valence-electron chi connectivity index (χ3n) is 4.66. The van der Waals surface area contributed by atoms with Crippen molar-refractivity contribution in [1.82, 2.24) is 9.66 Å². The van der Waals surface area contributed by atoms with Crippen molar-refractivity contribution in [3.8, 4) is 0 Å². The molecule has 0 fully saturated rings. The molecular formula is C22H22N4S. The molecule has 1 N–H and O–H groups in total. The van der Waals surface area contributed by atoms with Crippen LogP contribution in [0.3, 0.4) is 0 Å². The molecule has 0 radical (unpaired) electrons. The molecule has 0 saturated carbocycles. The lowest BCUT2D eigenvalue weighted by molar-refractivity contribution is 0.809. The lowest BCUT2D eigenvalue weighted by atomic mass is 10.1. The number of aromatic nitrogens is 2. The number of fused-ring (bicyclic) bond motifs is 1. The summed E-state index contributed by atoms with van der Waals surface area (Å²) >= 11 is 1.60. The summed E-state index contributed by atoms with van der Waals surface area (Å²) in [5.74, 6) is 0. The molecule has 0 aliphatic rings. The molecule has 2 heterocycles. The van der Waals surface area contributed by atoms with Crippen LogP contribution in [-0.2, 0) is 0 Å². The van der Waals surface area contributed by atoms with E-state index in [1.54, 1.807) is 11.3 Å². The number of benzene rings is 2. The molecule has 5 heteroatoms. The number of H-pyrrole nitrogens is 1. The van der Waals surface area contributed by atoms with Crippen LogP contribution in [-0.4, -0.2) is 15.9 Å². The summed E-state index contributed by atoms with van der Waals surface area (Å²) in [6.45, 7) is 8.32. The minimum atomic E-state index is 0.869. The molecule has 0 saturated heterocycles. The molecule has 27 heavy (non-hydrogen) atoms. The first-order valence-corrected chi connectivity index (χ1v) is 9.81. The second kappa shape index (κ2) is 7.00. The summed E-state index contributed by atoms with van der Waals surface area (Å²) in [6.07, 6.45) is 1.93. The minimum absolute atomic E-state index is 0.869. The van der Waals surface area contributed by atoms with Crippen molar-refractivity contribution in [1.29, 1.82) is 0 Å². The SMILES string of the molecule is Cc1ccc(N=c2scc(C)n2N=Cc2c(C)[nH]c3ccccc23)c(C)c1. The highest BCUT2D eigenvalue weighted by atomic mass is 32.1. The first-order chi connectivity index (χ1) is 13.0. The number of aromatic amines is 1. The maximum atomic E-state index is 4.85. The van der Waals surface area contributed by atoms with Crippen molar-refractivity contribution in [3.05, 3.63) is 80.7 Å². The Morgan fingerprint density at radius 2 is 1.85 bits per heavy atom. The molecule has 2 aromatic carbocycles. The second-order valence-electron chi connectivity index (χ2n) is 6.83. The van der Waals surface area contributed by atoms with E-state index in [4.69, 9.17) is 10.1 Å². The van der Waals surface area contributed by atoms with E-state index in [0.29, 0.717) is 0 Å². The normalized spacial score (nSPS) is 12.5. The van der Waals surface area contributed by atoms with E-state index in [9.17, 15) is 0 Å². The van der Waals surface area contributed by atoms with E-state index in [-0.39, 0.29) is 0 Å². The quantitative estimate of drug-likeness (QED) is 0.468. The summed E-state index contributed by atoms with van der Waals surface area (Å²) < 4.78 is 1.91. The summed E-state index contributed by atoms with van der Waals surface area (Å²) in [5, 5.41) is 8.02. The van der Waals surface area contributed by atoms with Crippen LogP contribution in [0.15, 0.2) is 57.9 Å². The molecule has 0 aliphatic carbocycles. The Hall–Kier alpha value is -2.92. The molecule has 2 aromatic heterocycles. The van der Waals surface area contributed by atoms with Crippen molar-refractivity contribution >= 4 is 34.1 Å². The molecule has 0 spiro atoms. The lowest BCUT2D eigenvalue weighted by Crippen LogP contribution is -2.11. The van der Waals surface area contributed by atoms with Crippen LogP contribution < -0.4 is 4.80 Å². The van der Waals surface area contributed by atoms with Crippen LogP contribution in [0.5, 0.6) is 0 Å². The maximum absolute atomic E-state index is 4.85. The first kappa shape index (κ1) is 17.5. The second-order valence-corrected chi connectivity index (χ2v) is 7.66. The van der Waals surface area contributed by atoms with Gasteiger partial charge >= 0.3 is 0 Å². The number of nitrogens with one attached hydrogen (secondary N) is 1. The fourth-order valence-corrected chi connectivity index (χ4v) is 4.03. The zero-order chi connectivity index (χ0) is 19.0. The molecule has 0 amide bonds. The third-order valence-corrected chi connectivity index (χ3v) is 5.60. The van der Waals surface area contributed by atoms with Crippen LogP contribution in [0, 0.1) is 27.7 Å². The van der Waals surface area contributed by atoms with Gasteiger partial charge in [-0.1, -0.05) is 35.9 Å². The van der Waals surface area contributed by atoms with Gasteiger partial charge in [0.25, 0.3) is 0 Å². The Morgan fingerprint density at radius 1 is 1.04 bits per heavy atom. The number of hydrogen-bond acceptors (Lipinski definition) is 3. The van der Waals surface area contributed by atoms with E-state index in [0.717, 1.165) is 33.0 Å².